The van der Waals surface area contributed by atoms with Gasteiger partial charge in [0.2, 0.25) is 5.91 Å². The number of piperazine rings is 1. The third-order valence-electron chi connectivity index (χ3n) is 6.75. The average molecular weight is 556 g/mol. The van der Waals surface area contributed by atoms with E-state index in [2.05, 4.69) is 22.5 Å². The van der Waals surface area contributed by atoms with Gasteiger partial charge >= 0.3 is 0 Å². The Labute approximate surface area is 231 Å². The molecule has 37 heavy (non-hydrogen) atoms. The fourth-order valence-corrected chi connectivity index (χ4v) is 6.16. The Balaban J connectivity index is 1.18. The first-order valence-corrected chi connectivity index (χ1v) is 14.1. The molecule has 0 radical (unpaired) electrons. The van der Waals surface area contributed by atoms with Crippen LogP contribution in [0.5, 0.6) is 0 Å². The van der Waals surface area contributed by atoms with Gasteiger partial charge in [-0.2, -0.15) is 11.8 Å². The van der Waals surface area contributed by atoms with E-state index in [-0.39, 0.29) is 17.9 Å². The fourth-order valence-electron chi connectivity index (χ4n) is 4.66. The molecule has 1 fully saturated rings. The van der Waals surface area contributed by atoms with Crippen molar-refractivity contribution < 1.29 is 9.59 Å². The molecular weight excluding hydrogens is 527 g/mol. The van der Waals surface area contributed by atoms with Gasteiger partial charge in [-0.1, -0.05) is 47.5 Å². The Hall–Kier alpha value is -2.87. The van der Waals surface area contributed by atoms with E-state index in [4.69, 9.17) is 23.2 Å². The maximum atomic E-state index is 13.2. The summed E-state index contributed by atoms with van der Waals surface area (Å²) >= 11 is 14.1. The second-order valence-corrected chi connectivity index (χ2v) is 11.1. The number of fused-ring (bicyclic) bond motifs is 1. The van der Waals surface area contributed by atoms with Gasteiger partial charge in [0.1, 0.15) is 6.04 Å². The number of nitrogens with one attached hydrogen (secondary N) is 2. The van der Waals surface area contributed by atoms with Gasteiger partial charge in [0.25, 0.3) is 5.91 Å². The lowest BCUT2D eigenvalue weighted by atomic mass is 10.1. The molecule has 0 saturated carbocycles. The van der Waals surface area contributed by atoms with Crippen molar-refractivity contribution >= 4 is 63.8 Å². The van der Waals surface area contributed by atoms with Crippen LogP contribution < -0.4 is 15.5 Å². The van der Waals surface area contributed by atoms with E-state index >= 15 is 0 Å². The number of thioether (sulfide) groups is 1. The number of hydrogen-bond donors (Lipinski definition) is 2. The number of halogens is 2. The number of benzene rings is 3. The van der Waals surface area contributed by atoms with Crippen LogP contribution in [0.4, 0.5) is 17.1 Å². The molecule has 192 valence electrons. The lowest BCUT2D eigenvalue weighted by molar-refractivity contribution is -0.116. The molecule has 2 aliphatic rings. The first-order valence-electron chi connectivity index (χ1n) is 12.2. The standard InChI is InChI=1S/C28H28Cl2N4O2S/c1-18-6-8-21(29)15-26(18)33-10-12-34(13-11-33)28(36)19-7-9-23-24(14-19)32-27(35)25(31-23)17-37-16-20-4-2-3-5-22(20)30/h2-9,14-15,25,31H,10-13,16-17H2,1H3,(H,32,35). The summed E-state index contributed by atoms with van der Waals surface area (Å²) < 4.78 is 0. The average Bonchev–Trinajstić information content (AvgIpc) is 2.91. The summed E-state index contributed by atoms with van der Waals surface area (Å²) in [5.41, 5.74) is 5.36. The molecule has 0 aliphatic carbocycles. The fraction of sp³-hybridized carbons (Fsp3) is 0.286. The molecule has 1 unspecified atom stereocenters. The Kier molecular flexibility index (Phi) is 7.84. The highest BCUT2D eigenvalue weighted by Gasteiger charge is 2.28. The minimum absolute atomic E-state index is 0.0306. The van der Waals surface area contributed by atoms with Crippen LogP contribution in [0, 0.1) is 6.92 Å². The minimum Gasteiger partial charge on any atom is -0.371 e. The van der Waals surface area contributed by atoms with Crippen LogP contribution in [0.1, 0.15) is 21.5 Å². The predicted molar refractivity (Wildman–Crippen MR) is 154 cm³/mol. The topological polar surface area (TPSA) is 64.7 Å². The van der Waals surface area contributed by atoms with Crippen LogP contribution in [0.25, 0.3) is 0 Å². The van der Waals surface area contributed by atoms with E-state index in [1.165, 1.54) is 5.56 Å². The molecule has 5 rings (SSSR count). The van der Waals surface area contributed by atoms with Gasteiger partial charge in [0.15, 0.2) is 0 Å². The number of carbonyl (C=O) groups is 2. The molecule has 3 aromatic rings. The number of carbonyl (C=O) groups excluding carboxylic acids is 2. The molecule has 1 atom stereocenters. The van der Waals surface area contributed by atoms with E-state index in [0.29, 0.717) is 35.1 Å². The van der Waals surface area contributed by atoms with Gasteiger partial charge in [-0.25, -0.2) is 0 Å². The zero-order valence-corrected chi connectivity index (χ0v) is 22.8. The Morgan fingerprint density at radius 1 is 1.00 bits per heavy atom. The summed E-state index contributed by atoms with van der Waals surface area (Å²) in [5, 5.41) is 7.74. The third kappa shape index (κ3) is 5.84. The highest BCUT2D eigenvalue weighted by molar-refractivity contribution is 7.98. The molecule has 0 bridgehead atoms. The lowest BCUT2D eigenvalue weighted by Crippen LogP contribution is -2.49. The first kappa shape index (κ1) is 25.8. The first-order chi connectivity index (χ1) is 17.9. The van der Waals surface area contributed by atoms with Crippen LogP contribution in [-0.2, 0) is 10.5 Å². The van der Waals surface area contributed by atoms with Crippen LogP contribution in [0.2, 0.25) is 10.0 Å². The van der Waals surface area contributed by atoms with Crippen molar-refractivity contribution in [2.45, 2.75) is 18.7 Å². The Morgan fingerprint density at radius 3 is 2.57 bits per heavy atom. The van der Waals surface area contributed by atoms with Crippen LogP contribution >= 0.6 is 35.0 Å². The number of amides is 2. The summed E-state index contributed by atoms with van der Waals surface area (Å²) in [7, 11) is 0. The van der Waals surface area contributed by atoms with E-state index in [1.54, 1.807) is 17.8 Å². The lowest BCUT2D eigenvalue weighted by Gasteiger charge is -2.37. The van der Waals surface area contributed by atoms with E-state index < -0.39 is 0 Å². The molecule has 0 aromatic heterocycles. The van der Waals surface area contributed by atoms with Crippen molar-refractivity contribution in [1.29, 1.82) is 0 Å². The molecule has 2 amide bonds. The van der Waals surface area contributed by atoms with Crippen molar-refractivity contribution in [2.75, 3.05) is 47.5 Å². The van der Waals surface area contributed by atoms with Crippen molar-refractivity contribution in [2.24, 2.45) is 0 Å². The number of anilines is 3. The molecule has 2 N–H and O–H groups in total. The van der Waals surface area contributed by atoms with E-state index in [0.717, 1.165) is 40.8 Å². The summed E-state index contributed by atoms with van der Waals surface area (Å²) in [6.07, 6.45) is 0. The van der Waals surface area contributed by atoms with Crippen LogP contribution in [0.3, 0.4) is 0 Å². The molecule has 2 aliphatic heterocycles. The molecular formula is C28H28Cl2N4O2S. The summed E-state index contributed by atoms with van der Waals surface area (Å²) in [6, 6.07) is 18.7. The van der Waals surface area contributed by atoms with Crippen LogP contribution in [0.15, 0.2) is 60.7 Å². The number of aryl methyl sites for hydroxylation is 1. The quantitative estimate of drug-likeness (QED) is 0.395. The SMILES string of the molecule is Cc1ccc(Cl)cc1N1CCN(C(=O)c2ccc3c(c2)NC(=O)C(CSCc2ccccc2Cl)N3)CC1. The highest BCUT2D eigenvalue weighted by Crippen LogP contribution is 2.31. The Bertz CT molecular complexity index is 1330. The molecule has 3 aromatic carbocycles. The van der Waals surface area contributed by atoms with Crippen molar-refractivity contribution in [1.82, 2.24) is 4.90 Å². The van der Waals surface area contributed by atoms with E-state index in [1.807, 2.05) is 59.5 Å². The van der Waals surface area contributed by atoms with Gasteiger partial charge in [-0.15, -0.1) is 0 Å². The molecule has 0 spiro atoms. The van der Waals surface area contributed by atoms with Gasteiger partial charge < -0.3 is 20.4 Å². The zero-order chi connectivity index (χ0) is 25.9. The van der Waals surface area contributed by atoms with Gasteiger partial charge in [-0.05, 0) is 54.4 Å². The summed E-state index contributed by atoms with van der Waals surface area (Å²) in [5.74, 6) is 1.20. The second-order valence-electron chi connectivity index (χ2n) is 9.26. The number of hydrogen-bond acceptors (Lipinski definition) is 5. The smallest absolute Gasteiger partial charge is 0.254 e. The van der Waals surface area contributed by atoms with Gasteiger partial charge in [0.05, 0.1) is 11.4 Å². The van der Waals surface area contributed by atoms with Gasteiger partial charge in [0, 0.05) is 59.0 Å². The predicted octanol–water partition coefficient (Wildman–Crippen LogP) is 5.93. The number of rotatable bonds is 6. The monoisotopic (exact) mass is 554 g/mol. The largest absolute Gasteiger partial charge is 0.371 e. The van der Waals surface area contributed by atoms with Crippen molar-refractivity contribution in [3.63, 3.8) is 0 Å². The third-order valence-corrected chi connectivity index (χ3v) is 8.44. The minimum atomic E-state index is -0.357. The summed E-state index contributed by atoms with van der Waals surface area (Å²) in [4.78, 5) is 30.1. The second kappa shape index (κ2) is 11.3. The maximum absolute atomic E-state index is 13.2. The molecule has 9 heteroatoms. The highest BCUT2D eigenvalue weighted by atomic mass is 35.5. The van der Waals surface area contributed by atoms with Crippen LogP contribution in [-0.4, -0.2) is 54.7 Å². The normalized spacial score (nSPS) is 17.2. The summed E-state index contributed by atoms with van der Waals surface area (Å²) in [6.45, 7) is 4.79. The number of nitrogens with zero attached hydrogens (tertiary/aromatic N) is 2. The van der Waals surface area contributed by atoms with E-state index in [9.17, 15) is 9.59 Å². The maximum Gasteiger partial charge on any atom is 0.254 e. The molecule has 2 heterocycles. The Morgan fingerprint density at radius 2 is 1.78 bits per heavy atom. The van der Waals surface area contributed by atoms with Crippen molar-refractivity contribution in [3.8, 4) is 0 Å². The zero-order valence-electron chi connectivity index (χ0n) is 20.5. The van der Waals surface area contributed by atoms with Crippen molar-refractivity contribution in [3.05, 3.63) is 87.4 Å². The molecule has 1 saturated heterocycles. The molecule has 6 nitrogen and oxygen atoms in total. The van der Waals surface area contributed by atoms with Gasteiger partial charge in [-0.3, -0.25) is 9.59 Å².